The molecular formula is C17H24O10. The Bertz CT molecular complexity index is 629. The van der Waals surface area contributed by atoms with Crippen LogP contribution in [0.2, 0.25) is 0 Å². The Kier molecular flexibility index (Phi) is 5.87. The van der Waals surface area contributed by atoms with Crippen molar-refractivity contribution in [2.75, 3.05) is 13.7 Å². The van der Waals surface area contributed by atoms with Crippen LogP contribution in [0.15, 0.2) is 23.5 Å². The lowest BCUT2D eigenvalue weighted by Gasteiger charge is -2.43. The molecule has 0 unspecified atom stereocenters. The Morgan fingerprint density at radius 3 is 2.44 bits per heavy atom. The smallest absolute Gasteiger partial charge is 0.337 e. The van der Waals surface area contributed by atoms with Crippen LogP contribution in [0.1, 0.15) is 6.92 Å². The van der Waals surface area contributed by atoms with Gasteiger partial charge in [0.05, 0.1) is 37.6 Å². The molecule has 0 bridgehead atoms. The van der Waals surface area contributed by atoms with Crippen molar-refractivity contribution in [3.63, 3.8) is 0 Å². The maximum atomic E-state index is 12.0. The first kappa shape index (κ1) is 20.2. The summed E-state index contributed by atoms with van der Waals surface area (Å²) in [6.45, 7) is 1.15. The molecule has 0 radical (unpaired) electrons. The molecule has 9 atom stereocenters. The fourth-order valence-electron chi connectivity index (χ4n) is 3.78. The Hall–Kier alpha value is -1.53. The van der Waals surface area contributed by atoms with E-state index in [-0.39, 0.29) is 5.57 Å². The molecular weight excluding hydrogens is 364 g/mol. The van der Waals surface area contributed by atoms with Crippen molar-refractivity contribution >= 4 is 5.97 Å². The summed E-state index contributed by atoms with van der Waals surface area (Å²) >= 11 is 0. The van der Waals surface area contributed by atoms with Gasteiger partial charge in [0.25, 0.3) is 0 Å². The first-order valence-electron chi connectivity index (χ1n) is 8.56. The summed E-state index contributed by atoms with van der Waals surface area (Å²) in [5.41, 5.74) is 0.855. The number of methoxy groups -OCH3 is 1. The Morgan fingerprint density at radius 1 is 1.11 bits per heavy atom. The summed E-state index contributed by atoms with van der Waals surface area (Å²) in [6.07, 6.45) is -6.50. The number of hydrogen-bond acceptors (Lipinski definition) is 10. The molecule has 0 amide bonds. The Labute approximate surface area is 155 Å². The molecule has 0 aromatic carbocycles. The number of ether oxygens (including phenoxy) is 4. The van der Waals surface area contributed by atoms with Gasteiger partial charge in [-0.2, -0.15) is 0 Å². The third kappa shape index (κ3) is 3.49. The van der Waals surface area contributed by atoms with Crippen LogP contribution in [0.3, 0.4) is 0 Å². The summed E-state index contributed by atoms with van der Waals surface area (Å²) in [5.74, 6) is -1.87. The average Bonchev–Trinajstić information content (AvgIpc) is 2.96. The third-order valence-corrected chi connectivity index (χ3v) is 5.23. The van der Waals surface area contributed by atoms with Crippen LogP contribution in [0, 0.1) is 11.8 Å². The van der Waals surface area contributed by atoms with E-state index in [1.54, 1.807) is 13.0 Å². The quantitative estimate of drug-likeness (QED) is 0.264. The van der Waals surface area contributed by atoms with Gasteiger partial charge in [-0.15, -0.1) is 0 Å². The summed E-state index contributed by atoms with van der Waals surface area (Å²) < 4.78 is 21.2. The average molecular weight is 388 g/mol. The number of fused-ring (bicyclic) bond motifs is 1. The van der Waals surface area contributed by atoms with Gasteiger partial charge in [0.15, 0.2) is 6.29 Å². The monoisotopic (exact) mass is 388 g/mol. The molecule has 1 aliphatic carbocycles. The standard InChI is InChI=1S/C17H24O10/c1-6-3-8(19)11-7(15(23)24-2)5-25-16(10(6)11)27-17-14(22)13(21)12(20)9(4-18)26-17/h3,5,8-14,16-22H,4H2,1-2H3/t8-,9-,10-,11+,12-,13+,14-,16+,17+/m1/s1. The zero-order valence-corrected chi connectivity index (χ0v) is 14.8. The van der Waals surface area contributed by atoms with E-state index >= 15 is 0 Å². The van der Waals surface area contributed by atoms with Crippen LogP contribution < -0.4 is 0 Å². The lowest BCUT2D eigenvalue weighted by Crippen LogP contribution is -2.60. The van der Waals surface area contributed by atoms with E-state index in [1.807, 2.05) is 0 Å². The molecule has 3 rings (SSSR count). The van der Waals surface area contributed by atoms with Gasteiger partial charge in [-0.25, -0.2) is 4.79 Å². The summed E-state index contributed by atoms with van der Waals surface area (Å²) in [5, 5.41) is 49.5. The topological polar surface area (TPSA) is 155 Å². The highest BCUT2D eigenvalue weighted by Gasteiger charge is 2.51. The molecule has 0 saturated carbocycles. The number of rotatable bonds is 4. The second-order valence-corrected chi connectivity index (χ2v) is 6.86. The number of carbonyl (C=O) groups is 1. The molecule has 2 aliphatic heterocycles. The number of esters is 1. The zero-order chi connectivity index (χ0) is 19.9. The maximum absolute atomic E-state index is 12.0. The largest absolute Gasteiger partial charge is 0.471 e. The predicted octanol–water partition coefficient (Wildman–Crippen LogP) is -2.23. The summed E-state index contributed by atoms with van der Waals surface area (Å²) in [7, 11) is 1.22. The molecule has 0 aromatic heterocycles. The molecule has 3 aliphatic rings. The molecule has 5 N–H and O–H groups in total. The predicted molar refractivity (Wildman–Crippen MR) is 86.6 cm³/mol. The lowest BCUT2D eigenvalue weighted by atomic mass is 9.82. The van der Waals surface area contributed by atoms with Crippen molar-refractivity contribution in [1.82, 2.24) is 0 Å². The highest BCUT2D eigenvalue weighted by Crippen LogP contribution is 2.44. The Morgan fingerprint density at radius 2 is 1.81 bits per heavy atom. The van der Waals surface area contributed by atoms with Gasteiger partial charge < -0.3 is 44.5 Å². The van der Waals surface area contributed by atoms with Gasteiger partial charge in [0.2, 0.25) is 6.29 Å². The zero-order valence-electron chi connectivity index (χ0n) is 14.8. The highest BCUT2D eigenvalue weighted by atomic mass is 16.8. The van der Waals surface area contributed by atoms with Gasteiger partial charge in [-0.3, -0.25) is 0 Å². The molecule has 2 heterocycles. The van der Waals surface area contributed by atoms with E-state index in [4.69, 9.17) is 18.9 Å². The summed E-state index contributed by atoms with van der Waals surface area (Å²) in [4.78, 5) is 12.0. The number of aliphatic hydroxyl groups is 5. The minimum Gasteiger partial charge on any atom is -0.471 e. The molecule has 0 aromatic rings. The lowest BCUT2D eigenvalue weighted by molar-refractivity contribution is -0.340. The molecule has 1 saturated heterocycles. The van der Waals surface area contributed by atoms with Gasteiger partial charge in [0.1, 0.15) is 24.4 Å². The highest BCUT2D eigenvalue weighted by molar-refractivity contribution is 5.89. The van der Waals surface area contributed by atoms with Crippen molar-refractivity contribution in [3.05, 3.63) is 23.5 Å². The van der Waals surface area contributed by atoms with Crippen LogP contribution >= 0.6 is 0 Å². The minimum absolute atomic E-state index is 0.150. The van der Waals surface area contributed by atoms with Crippen LogP contribution in [-0.4, -0.2) is 88.3 Å². The van der Waals surface area contributed by atoms with E-state index < -0.39 is 67.5 Å². The first-order valence-corrected chi connectivity index (χ1v) is 8.56. The third-order valence-electron chi connectivity index (χ3n) is 5.23. The maximum Gasteiger partial charge on any atom is 0.337 e. The van der Waals surface area contributed by atoms with E-state index in [0.717, 1.165) is 6.26 Å². The van der Waals surface area contributed by atoms with Crippen LogP contribution in [0.5, 0.6) is 0 Å². The van der Waals surface area contributed by atoms with Gasteiger partial charge >= 0.3 is 5.97 Å². The summed E-state index contributed by atoms with van der Waals surface area (Å²) in [6, 6.07) is 0. The number of aliphatic hydroxyl groups excluding tert-OH is 5. The number of carbonyl (C=O) groups excluding carboxylic acids is 1. The Balaban J connectivity index is 1.82. The fraction of sp³-hybridized carbons (Fsp3) is 0.706. The van der Waals surface area contributed by atoms with Crippen molar-refractivity contribution in [3.8, 4) is 0 Å². The second-order valence-electron chi connectivity index (χ2n) is 6.86. The van der Waals surface area contributed by atoms with Crippen molar-refractivity contribution in [2.45, 2.75) is 50.0 Å². The van der Waals surface area contributed by atoms with E-state index in [0.29, 0.717) is 5.57 Å². The van der Waals surface area contributed by atoms with Crippen LogP contribution in [-0.2, 0) is 23.7 Å². The normalized spacial score (nSPS) is 44.0. The minimum atomic E-state index is -1.59. The fourth-order valence-corrected chi connectivity index (χ4v) is 3.78. The first-order chi connectivity index (χ1) is 12.8. The molecule has 152 valence electrons. The SMILES string of the molecule is COC(=O)C1=CO[C@@H](O[C@@H]2O[C@H](CO)[C@@H](O)[C@H](O)[C@H]2O)[C@@H]2C(C)=C[C@@H](O)[C@H]12. The molecule has 27 heavy (non-hydrogen) atoms. The molecule has 0 spiro atoms. The molecule has 10 heteroatoms. The van der Waals surface area contributed by atoms with Crippen LogP contribution in [0.25, 0.3) is 0 Å². The van der Waals surface area contributed by atoms with Crippen LogP contribution in [0.4, 0.5) is 0 Å². The van der Waals surface area contributed by atoms with Crippen molar-refractivity contribution < 1.29 is 49.3 Å². The molecule has 10 nitrogen and oxygen atoms in total. The van der Waals surface area contributed by atoms with Crippen molar-refractivity contribution in [1.29, 1.82) is 0 Å². The second kappa shape index (κ2) is 7.84. The van der Waals surface area contributed by atoms with Crippen molar-refractivity contribution in [2.24, 2.45) is 11.8 Å². The van der Waals surface area contributed by atoms with E-state index in [9.17, 15) is 30.3 Å². The van der Waals surface area contributed by atoms with Gasteiger partial charge in [-0.05, 0) is 6.92 Å². The van der Waals surface area contributed by atoms with E-state index in [1.165, 1.54) is 7.11 Å². The van der Waals surface area contributed by atoms with Gasteiger partial charge in [-0.1, -0.05) is 11.6 Å². The number of hydrogen-bond donors (Lipinski definition) is 5. The molecule has 1 fully saturated rings. The van der Waals surface area contributed by atoms with E-state index in [2.05, 4.69) is 0 Å². The van der Waals surface area contributed by atoms with Gasteiger partial charge in [0, 0.05) is 5.92 Å².